The van der Waals surface area contributed by atoms with Gasteiger partial charge in [-0.25, -0.2) is 0 Å². The molecule has 0 aliphatic carbocycles. The summed E-state index contributed by atoms with van der Waals surface area (Å²) in [5.41, 5.74) is 3.04. The quantitative estimate of drug-likeness (QED) is 0.607. The Morgan fingerprint density at radius 3 is 2.37 bits per heavy atom. The van der Waals surface area contributed by atoms with Crippen molar-refractivity contribution in [3.05, 3.63) is 72.3 Å². The molecule has 98 valence electrons. The van der Waals surface area contributed by atoms with E-state index in [9.17, 15) is 5.11 Å². The maximum atomic E-state index is 9.86. The van der Waals surface area contributed by atoms with Crippen molar-refractivity contribution in [1.29, 1.82) is 0 Å². The number of anilines is 1. The number of rotatable bonds is 5. The molecule has 0 saturated heterocycles. The van der Waals surface area contributed by atoms with Crippen molar-refractivity contribution in [2.24, 2.45) is 0 Å². The SMILES string of the molecule is C=C(C)C[C@H](Nc1ccccc1O)c1ccccc1. The number of para-hydroxylation sites is 2. The number of hydrogen-bond donors (Lipinski definition) is 2. The zero-order chi connectivity index (χ0) is 13.7. The fourth-order valence-electron chi connectivity index (χ4n) is 2.07. The van der Waals surface area contributed by atoms with Crippen LogP contribution >= 0.6 is 0 Å². The summed E-state index contributed by atoms with van der Waals surface area (Å²) in [7, 11) is 0. The van der Waals surface area contributed by atoms with E-state index in [1.54, 1.807) is 6.07 Å². The van der Waals surface area contributed by atoms with E-state index < -0.39 is 0 Å². The van der Waals surface area contributed by atoms with Crippen LogP contribution in [0.15, 0.2) is 66.7 Å². The van der Waals surface area contributed by atoms with Gasteiger partial charge in [-0.15, -0.1) is 6.58 Å². The van der Waals surface area contributed by atoms with Crippen LogP contribution in [0.1, 0.15) is 24.9 Å². The summed E-state index contributed by atoms with van der Waals surface area (Å²) in [6.45, 7) is 6.00. The Kier molecular flexibility index (Phi) is 4.24. The van der Waals surface area contributed by atoms with E-state index in [4.69, 9.17) is 0 Å². The number of phenols is 1. The second-order valence-corrected chi connectivity index (χ2v) is 4.79. The highest BCUT2D eigenvalue weighted by Gasteiger charge is 2.12. The van der Waals surface area contributed by atoms with E-state index in [-0.39, 0.29) is 11.8 Å². The first-order chi connectivity index (χ1) is 9.16. The van der Waals surface area contributed by atoms with Crippen molar-refractivity contribution in [2.75, 3.05) is 5.32 Å². The van der Waals surface area contributed by atoms with Crippen LogP contribution in [-0.4, -0.2) is 5.11 Å². The first kappa shape index (κ1) is 13.2. The lowest BCUT2D eigenvalue weighted by Gasteiger charge is -2.21. The Labute approximate surface area is 114 Å². The van der Waals surface area contributed by atoms with Crippen LogP contribution in [0.4, 0.5) is 5.69 Å². The van der Waals surface area contributed by atoms with Crippen molar-refractivity contribution in [1.82, 2.24) is 0 Å². The molecule has 2 nitrogen and oxygen atoms in total. The van der Waals surface area contributed by atoms with E-state index in [2.05, 4.69) is 24.0 Å². The lowest BCUT2D eigenvalue weighted by molar-refractivity contribution is 0.476. The van der Waals surface area contributed by atoms with Gasteiger partial charge >= 0.3 is 0 Å². The van der Waals surface area contributed by atoms with Crippen LogP contribution in [-0.2, 0) is 0 Å². The zero-order valence-electron chi connectivity index (χ0n) is 11.1. The van der Waals surface area contributed by atoms with Crippen LogP contribution in [0, 0.1) is 0 Å². The van der Waals surface area contributed by atoms with E-state index in [0.717, 1.165) is 17.7 Å². The average Bonchev–Trinajstić information content (AvgIpc) is 2.41. The topological polar surface area (TPSA) is 32.3 Å². The first-order valence-corrected chi connectivity index (χ1v) is 6.40. The summed E-state index contributed by atoms with van der Waals surface area (Å²) in [4.78, 5) is 0. The lowest BCUT2D eigenvalue weighted by Crippen LogP contribution is -2.11. The molecule has 0 aliphatic heterocycles. The Balaban J connectivity index is 2.24. The van der Waals surface area contributed by atoms with E-state index >= 15 is 0 Å². The van der Waals surface area contributed by atoms with Gasteiger partial charge in [-0.2, -0.15) is 0 Å². The van der Waals surface area contributed by atoms with E-state index in [1.807, 2.05) is 43.3 Å². The molecule has 19 heavy (non-hydrogen) atoms. The van der Waals surface area contributed by atoms with Crippen LogP contribution in [0.25, 0.3) is 0 Å². The predicted molar refractivity (Wildman–Crippen MR) is 80.3 cm³/mol. The van der Waals surface area contributed by atoms with E-state index in [1.165, 1.54) is 5.56 Å². The maximum absolute atomic E-state index is 9.86. The molecule has 0 aromatic heterocycles. The fourth-order valence-corrected chi connectivity index (χ4v) is 2.07. The molecule has 0 saturated carbocycles. The van der Waals surface area contributed by atoms with Crippen molar-refractivity contribution >= 4 is 5.69 Å². The van der Waals surface area contributed by atoms with Crippen molar-refractivity contribution < 1.29 is 5.11 Å². The molecule has 2 rings (SSSR count). The van der Waals surface area contributed by atoms with Gasteiger partial charge in [0.15, 0.2) is 0 Å². The molecule has 2 heteroatoms. The smallest absolute Gasteiger partial charge is 0.138 e. The molecule has 0 unspecified atom stereocenters. The van der Waals surface area contributed by atoms with Crippen molar-refractivity contribution in [3.8, 4) is 5.75 Å². The molecule has 1 atom stereocenters. The van der Waals surface area contributed by atoms with Gasteiger partial charge in [0.25, 0.3) is 0 Å². The van der Waals surface area contributed by atoms with Gasteiger partial charge in [0.1, 0.15) is 5.75 Å². The summed E-state index contributed by atoms with van der Waals surface area (Å²) in [5.74, 6) is 0.269. The highest BCUT2D eigenvalue weighted by atomic mass is 16.3. The molecule has 0 bridgehead atoms. The summed E-state index contributed by atoms with van der Waals surface area (Å²) in [6.07, 6.45) is 0.832. The van der Waals surface area contributed by atoms with Gasteiger partial charge in [0.05, 0.1) is 11.7 Å². The van der Waals surface area contributed by atoms with Crippen LogP contribution in [0.2, 0.25) is 0 Å². The number of aromatic hydroxyl groups is 1. The first-order valence-electron chi connectivity index (χ1n) is 6.40. The largest absolute Gasteiger partial charge is 0.506 e. The monoisotopic (exact) mass is 253 g/mol. The molecule has 2 aromatic carbocycles. The van der Waals surface area contributed by atoms with Crippen LogP contribution in [0.5, 0.6) is 5.75 Å². The van der Waals surface area contributed by atoms with Crippen molar-refractivity contribution in [2.45, 2.75) is 19.4 Å². The Morgan fingerprint density at radius 1 is 1.11 bits per heavy atom. The fraction of sp³-hybridized carbons (Fsp3) is 0.176. The molecule has 2 aromatic rings. The predicted octanol–water partition coefficient (Wildman–Crippen LogP) is 4.51. The molecular formula is C17H19NO. The molecule has 2 N–H and O–H groups in total. The number of hydrogen-bond acceptors (Lipinski definition) is 2. The number of nitrogens with one attached hydrogen (secondary N) is 1. The van der Waals surface area contributed by atoms with Gasteiger partial charge < -0.3 is 10.4 Å². The highest BCUT2D eigenvalue weighted by Crippen LogP contribution is 2.29. The second-order valence-electron chi connectivity index (χ2n) is 4.79. The van der Waals surface area contributed by atoms with Crippen molar-refractivity contribution in [3.63, 3.8) is 0 Å². The minimum absolute atomic E-state index is 0.118. The molecule has 0 fully saturated rings. The summed E-state index contributed by atoms with van der Waals surface area (Å²) in [6, 6.07) is 17.6. The Hall–Kier alpha value is -2.22. The number of benzene rings is 2. The molecule has 0 radical (unpaired) electrons. The van der Waals surface area contributed by atoms with Crippen LogP contribution < -0.4 is 5.32 Å². The highest BCUT2D eigenvalue weighted by molar-refractivity contribution is 5.56. The Bertz CT molecular complexity index is 548. The van der Waals surface area contributed by atoms with Gasteiger partial charge in [-0.1, -0.05) is 48.0 Å². The maximum Gasteiger partial charge on any atom is 0.138 e. The summed E-state index contributed by atoms with van der Waals surface area (Å²) < 4.78 is 0. The second kappa shape index (κ2) is 6.10. The molecule has 0 spiro atoms. The Morgan fingerprint density at radius 2 is 1.74 bits per heavy atom. The molecule has 0 heterocycles. The average molecular weight is 253 g/mol. The lowest BCUT2D eigenvalue weighted by atomic mass is 10.00. The third-order valence-electron chi connectivity index (χ3n) is 2.99. The molecular weight excluding hydrogens is 234 g/mol. The third kappa shape index (κ3) is 3.62. The van der Waals surface area contributed by atoms with E-state index in [0.29, 0.717) is 0 Å². The van der Waals surface area contributed by atoms with Gasteiger partial charge in [-0.05, 0) is 31.0 Å². The molecule has 0 aliphatic rings. The molecule has 0 amide bonds. The minimum atomic E-state index is 0.118. The third-order valence-corrected chi connectivity index (χ3v) is 2.99. The standard InChI is InChI=1S/C17H19NO/c1-13(2)12-16(14-8-4-3-5-9-14)18-15-10-6-7-11-17(15)19/h3-11,16,18-19H,1,12H2,2H3/t16-/m0/s1. The van der Waals surface area contributed by atoms with Crippen LogP contribution in [0.3, 0.4) is 0 Å². The summed E-state index contributed by atoms with van der Waals surface area (Å²) >= 11 is 0. The van der Waals surface area contributed by atoms with Gasteiger partial charge in [-0.3, -0.25) is 0 Å². The normalized spacial score (nSPS) is 11.8. The van der Waals surface area contributed by atoms with Gasteiger partial charge in [0, 0.05) is 0 Å². The zero-order valence-corrected chi connectivity index (χ0v) is 11.1. The number of phenolic OH excluding ortho intramolecular Hbond substituents is 1. The summed E-state index contributed by atoms with van der Waals surface area (Å²) in [5, 5.41) is 13.2. The van der Waals surface area contributed by atoms with Gasteiger partial charge in [0.2, 0.25) is 0 Å². The minimum Gasteiger partial charge on any atom is -0.506 e.